The second kappa shape index (κ2) is 12.5. The van der Waals surface area contributed by atoms with Gasteiger partial charge in [-0.3, -0.25) is 18.8 Å². The smallest absolute Gasteiger partial charge is 0.265 e. The fourth-order valence-electron chi connectivity index (χ4n) is 6.41. The molecule has 2 aliphatic heterocycles. The van der Waals surface area contributed by atoms with Gasteiger partial charge in [-0.15, -0.1) is 0 Å². The Morgan fingerprint density at radius 3 is 2.53 bits per heavy atom. The fourth-order valence-corrected chi connectivity index (χ4v) is 8.43. The molecule has 3 aliphatic rings. The highest BCUT2D eigenvalue weighted by molar-refractivity contribution is 7.93. The molecule has 2 atom stereocenters. The van der Waals surface area contributed by atoms with Crippen LogP contribution in [0.4, 0.5) is 11.4 Å². The number of rotatable bonds is 7. The van der Waals surface area contributed by atoms with Crippen molar-refractivity contribution < 1.29 is 18.0 Å². The number of nitrogens with one attached hydrogen (secondary N) is 2. The van der Waals surface area contributed by atoms with Crippen LogP contribution in [-0.2, 0) is 32.6 Å². The summed E-state index contributed by atoms with van der Waals surface area (Å²) in [5, 5.41) is 6.16. The van der Waals surface area contributed by atoms with E-state index in [4.69, 9.17) is 23.2 Å². The predicted molar refractivity (Wildman–Crippen MR) is 169 cm³/mol. The van der Waals surface area contributed by atoms with E-state index >= 15 is 0 Å². The number of carbonyl (C=O) groups is 2. The zero-order valence-corrected chi connectivity index (χ0v) is 26.0. The second-order valence-electron chi connectivity index (χ2n) is 11.5. The van der Waals surface area contributed by atoms with Crippen molar-refractivity contribution in [2.75, 3.05) is 22.7 Å². The van der Waals surface area contributed by atoms with Gasteiger partial charge in [0, 0.05) is 6.54 Å². The average Bonchev–Trinajstić information content (AvgIpc) is 2.99. The van der Waals surface area contributed by atoms with Gasteiger partial charge in [-0.25, -0.2) is 8.42 Å². The maximum absolute atomic E-state index is 14.0. The average molecular weight is 642 g/mol. The van der Waals surface area contributed by atoms with E-state index in [-0.39, 0.29) is 33.1 Å². The first-order valence-electron chi connectivity index (χ1n) is 14.7. The molecule has 0 unspecified atom stereocenters. The Morgan fingerprint density at radius 1 is 0.953 bits per heavy atom. The number of hydrogen-bond donors (Lipinski definition) is 2. The van der Waals surface area contributed by atoms with Gasteiger partial charge < -0.3 is 10.6 Å². The Labute approximate surface area is 262 Å². The standard InChI is InChI=1S/C32H34Cl2N4O4S/c33-25-14-12-23(18-26(25)34)43(41,42)38-29-10-3-2-8-28(29)36-32(40)30(38)19-31(39)35-27-9-6-7-22-17-21(11-13-24(22)27)20-37-15-4-1-5-16-37/h2-3,8,10-14,17-18,27,30H,1,4-7,9,15-16,19-20H2,(H,35,39)(H,36,40)/t27-,30-/m1/s1. The van der Waals surface area contributed by atoms with Crippen molar-refractivity contribution in [1.82, 2.24) is 10.2 Å². The Bertz CT molecular complexity index is 1660. The largest absolute Gasteiger partial charge is 0.349 e. The van der Waals surface area contributed by atoms with E-state index in [1.807, 2.05) is 0 Å². The Hall–Kier alpha value is -3.11. The number of amides is 2. The number of anilines is 2. The molecule has 6 rings (SSSR count). The lowest BCUT2D eigenvalue weighted by Crippen LogP contribution is -2.53. The first kappa shape index (κ1) is 29.9. The number of para-hydroxylation sites is 2. The minimum atomic E-state index is -4.30. The van der Waals surface area contributed by atoms with Gasteiger partial charge in [0.2, 0.25) is 11.8 Å². The van der Waals surface area contributed by atoms with Gasteiger partial charge in [-0.1, -0.05) is 60.0 Å². The first-order chi connectivity index (χ1) is 20.7. The molecule has 0 bridgehead atoms. The summed E-state index contributed by atoms with van der Waals surface area (Å²) >= 11 is 12.2. The molecule has 3 aromatic carbocycles. The number of aryl methyl sites for hydroxylation is 1. The maximum atomic E-state index is 14.0. The van der Waals surface area contributed by atoms with Gasteiger partial charge in [-0.2, -0.15) is 0 Å². The first-order valence-corrected chi connectivity index (χ1v) is 16.9. The molecule has 0 saturated carbocycles. The van der Waals surface area contributed by atoms with Crippen LogP contribution in [0.3, 0.4) is 0 Å². The number of fused-ring (bicyclic) bond motifs is 2. The van der Waals surface area contributed by atoms with Crippen LogP contribution in [0.2, 0.25) is 10.0 Å². The van der Waals surface area contributed by atoms with Crippen LogP contribution in [-0.4, -0.2) is 44.3 Å². The van der Waals surface area contributed by atoms with Crippen molar-refractivity contribution in [3.8, 4) is 0 Å². The fraction of sp³-hybridized carbons (Fsp3) is 0.375. The van der Waals surface area contributed by atoms with Crippen LogP contribution in [0.5, 0.6) is 0 Å². The quantitative estimate of drug-likeness (QED) is 0.326. The van der Waals surface area contributed by atoms with Crippen LogP contribution in [0.1, 0.15) is 61.3 Å². The van der Waals surface area contributed by atoms with Gasteiger partial charge in [0.15, 0.2) is 0 Å². The van der Waals surface area contributed by atoms with E-state index < -0.39 is 27.9 Å². The van der Waals surface area contributed by atoms with Crippen molar-refractivity contribution >= 4 is 56.4 Å². The van der Waals surface area contributed by atoms with Gasteiger partial charge in [0.25, 0.3) is 10.0 Å². The molecule has 0 radical (unpaired) electrons. The van der Waals surface area contributed by atoms with Crippen LogP contribution in [0.25, 0.3) is 0 Å². The zero-order chi connectivity index (χ0) is 30.1. The third-order valence-electron chi connectivity index (χ3n) is 8.52. The van der Waals surface area contributed by atoms with E-state index in [0.29, 0.717) is 5.69 Å². The highest BCUT2D eigenvalue weighted by Gasteiger charge is 2.42. The van der Waals surface area contributed by atoms with Gasteiger partial charge in [0.1, 0.15) is 6.04 Å². The lowest BCUT2D eigenvalue weighted by molar-refractivity contribution is -0.125. The zero-order valence-electron chi connectivity index (χ0n) is 23.7. The van der Waals surface area contributed by atoms with Crippen LogP contribution in [0, 0.1) is 0 Å². The van der Waals surface area contributed by atoms with Crippen molar-refractivity contribution in [2.24, 2.45) is 0 Å². The number of likely N-dealkylation sites (tertiary alicyclic amines) is 1. The van der Waals surface area contributed by atoms with E-state index in [0.717, 1.165) is 48.8 Å². The monoisotopic (exact) mass is 640 g/mol. The predicted octanol–water partition coefficient (Wildman–Crippen LogP) is 6.08. The number of sulfonamides is 1. The third-order valence-corrected chi connectivity index (χ3v) is 11.1. The minimum absolute atomic E-state index is 0.0711. The Kier molecular flexibility index (Phi) is 8.69. The van der Waals surface area contributed by atoms with Crippen molar-refractivity contribution in [3.63, 3.8) is 0 Å². The molecule has 1 saturated heterocycles. The molecule has 2 amide bonds. The molecular weight excluding hydrogens is 607 g/mol. The Morgan fingerprint density at radius 2 is 1.74 bits per heavy atom. The summed E-state index contributed by atoms with van der Waals surface area (Å²) in [7, 11) is -4.30. The van der Waals surface area contributed by atoms with Gasteiger partial charge in [-0.05, 0) is 92.2 Å². The normalized spacial score (nSPS) is 20.6. The summed E-state index contributed by atoms with van der Waals surface area (Å²) < 4.78 is 29.0. The van der Waals surface area contributed by atoms with Gasteiger partial charge in [0.05, 0.1) is 38.8 Å². The SMILES string of the molecule is O=C(C[C@@H]1C(=O)Nc2ccccc2N1S(=O)(=O)c1ccc(Cl)c(Cl)c1)N[C@@H]1CCCc2cc(CN3CCCCC3)ccc21. The van der Waals surface area contributed by atoms with E-state index in [9.17, 15) is 18.0 Å². The molecule has 0 spiro atoms. The number of carbonyl (C=O) groups excluding carboxylic acids is 2. The number of piperidine rings is 1. The van der Waals surface area contributed by atoms with Crippen molar-refractivity contribution in [3.05, 3.63) is 87.4 Å². The highest BCUT2D eigenvalue weighted by atomic mass is 35.5. The lowest BCUT2D eigenvalue weighted by Gasteiger charge is -2.37. The molecular formula is C32H34Cl2N4O4S. The van der Waals surface area contributed by atoms with Crippen LogP contribution < -0.4 is 14.9 Å². The summed E-state index contributed by atoms with van der Waals surface area (Å²) in [5.74, 6) is -0.979. The lowest BCUT2D eigenvalue weighted by atomic mass is 9.86. The third kappa shape index (κ3) is 6.27. The molecule has 2 N–H and O–H groups in total. The molecule has 1 fully saturated rings. The highest BCUT2D eigenvalue weighted by Crippen LogP contribution is 2.38. The summed E-state index contributed by atoms with van der Waals surface area (Å²) in [5.41, 5.74) is 4.22. The molecule has 43 heavy (non-hydrogen) atoms. The Balaban J connectivity index is 1.23. The molecule has 226 valence electrons. The molecule has 8 nitrogen and oxygen atoms in total. The number of hydrogen-bond acceptors (Lipinski definition) is 5. The molecule has 0 aromatic heterocycles. The molecule has 11 heteroatoms. The summed E-state index contributed by atoms with van der Waals surface area (Å²) in [6.45, 7) is 3.20. The summed E-state index contributed by atoms with van der Waals surface area (Å²) in [6, 6.07) is 15.6. The second-order valence-corrected chi connectivity index (χ2v) is 14.1. The molecule has 3 aromatic rings. The molecule has 2 heterocycles. The van der Waals surface area contributed by atoms with Crippen LogP contribution >= 0.6 is 23.2 Å². The number of benzene rings is 3. The maximum Gasteiger partial charge on any atom is 0.265 e. The van der Waals surface area contributed by atoms with Crippen molar-refractivity contribution in [1.29, 1.82) is 0 Å². The summed E-state index contributed by atoms with van der Waals surface area (Å²) in [6.07, 6.45) is 6.10. The van der Waals surface area contributed by atoms with Crippen LogP contribution in [0.15, 0.2) is 65.6 Å². The number of nitrogens with zero attached hydrogens (tertiary/aromatic N) is 2. The van der Waals surface area contributed by atoms with Crippen molar-refractivity contribution in [2.45, 2.75) is 68.5 Å². The topological polar surface area (TPSA) is 98.8 Å². The van der Waals surface area contributed by atoms with E-state index in [1.165, 1.54) is 48.6 Å². The summed E-state index contributed by atoms with van der Waals surface area (Å²) in [4.78, 5) is 29.2. The van der Waals surface area contributed by atoms with E-state index in [1.54, 1.807) is 24.3 Å². The minimum Gasteiger partial charge on any atom is -0.349 e. The molecule has 1 aliphatic carbocycles. The number of halogens is 2. The van der Waals surface area contributed by atoms with Gasteiger partial charge >= 0.3 is 0 Å². The van der Waals surface area contributed by atoms with E-state index in [2.05, 4.69) is 33.7 Å².